The van der Waals surface area contributed by atoms with Crippen LogP contribution in [-0.4, -0.2) is 41.9 Å². The molecular formula is C27H29N3O7. The maximum absolute atomic E-state index is 13.2. The summed E-state index contributed by atoms with van der Waals surface area (Å²) >= 11 is 0. The Kier molecular flexibility index (Phi) is 7.37. The molecule has 4 aromatic rings. The highest BCUT2D eigenvalue weighted by molar-refractivity contribution is 5.79. The number of nitrogens with zero attached hydrogens (tertiary/aromatic N) is 2. The standard InChI is InChI=1S/C27H29N3O7/c1-15-12-20(31)24(27(33)37-15)17(16-10-11-21(34-3)26(36-5)25(16)35-4)13-23(32)28-14-22-29-18-8-6-7-9-19(18)30(22)2/h6-12,17,31H,13-14H2,1-5H3,(H,28,32). The first-order chi connectivity index (χ1) is 17.8. The van der Waals surface area contributed by atoms with Crippen molar-refractivity contribution >= 4 is 16.9 Å². The Bertz CT molecular complexity index is 1510. The summed E-state index contributed by atoms with van der Waals surface area (Å²) in [5.74, 6) is 0.341. The lowest BCUT2D eigenvalue weighted by atomic mass is 9.87. The van der Waals surface area contributed by atoms with E-state index in [-0.39, 0.29) is 41.7 Å². The van der Waals surface area contributed by atoms with Gasteiger partial charge in [-0.15, -0.1) is 0 Å². The number of hydrogen-bond donors (Lipinski definition) is 2. The molecule has 2 N–H and O–H groups in total. The molecule has 1 unspecified atom stereocenters. The smallest absolute Gasteiger partial charge is 0.343 e. The SMILES string of the molecule is COc1ccc(C(CC(=O)NCc2nc3ccccc3n2C)c2c(O)cc(C)oc2=O)c(OC)c1OC. The van der Waals surface area contributed by atoms with Crippen molar-refractivity contribution in [2.75, 3.05) is 21.3 Å². The van der Waals surface area contributed by atoms with Crippen LogP contribution in [0.5, 0.6) is 23.0 Å². The summed E-state index contributed by atoms with van der Waals surface area (Å²) in [5.41, 5.74) is 1.41. The van der Waals surface area contributed by atoms with Gasteiger partial charge in [0.25, 0.3) is 0 Å². The van der Waals surface area contributed by atoms with Crippen LogP contribution in [0.15, 0.2) is 51.7 Å². The minimum absolute atomic E-state index is 0.0611. The van der Waals surface area contributed by atoms with Crippen LogP contribution in [0, 0.1) is 6.92 Å². The quantitative estimate of drug-likeness (QED) is 0.353. The summed E-state index contributed by atoms with van der Waals surface area (Å²) in [6.45, 7) is 1.73. The van der Waals surface area contributed by atoms with E-state index < -0.39 is 11.5 Å². The zero-order chi connectivity index (χ0) is 26.7. The molecule has 0 saturated heterocycles. The highest BCUT2D eigenvalue weighted by Crippen LogP contribution is 2.45. The Hall–Kier alpha value is -4.47. The fourth-order valence-electron chi connectivity index (χ4n) is 4.48. The molecule has 0 aliphatic rings. The number of aryl methyl sites for hydroxylation is 2. The molecule has 37 heavy (non-hydrogen) atoms. The first-order valence-electron chi connectivity index (χ1n) is 11.6. The molecule has 1 amide bonds. The van der Waals surface area contributed by atoms with Crippen molar-refractivity contribution < 1.29 is 28.5 Å². The zero-order valence-electron chi connectivity index (χ0n) is 21.3. The maximum atomic E-state index is 13.2. The van der Waals surface area contributed by atoms with Gasteiger partial charge in [0.1, 0.15) is 17.3 Å². The van der Waals surface area contributed by atoms with Crippen molar-refractivity contribution in [3.05, 3.63) is 75.6 Å². The number of ether oxygens (including phenoxy) is 3. The Morgan fingerprint density at radius 3 is 2.49 bits per heavy atom. The minimum Gasteiger partial charge on any atom is -0.507 e. The highest BCUT2D eigenvalue weighted by atomic mass is 16.5. The Labute approximate surface area is 213 Å². The number of nitrogens with one attached hydrogen (secondary N) is 1. The van der Waals surface area contributed by atoms with E-state index in [0.29, 0.717) is 22.9 Å². The van der Waals surface area contributed by atoms with Gasteiger partial charge in [-0.1, -0.05) is 18.2 Å². The molecule has 0 spiro atoms. The van der Waals surface area contributed by atoms with E-state index in [1.54, 1.807) is 19.1 Å². The third-order valence-corrected chi connectivity index (χ3v) is 6.26. The van der Waals surface area contributed by atoms with E-state index in [1.165, 1.54) is 27.4 Å². The van der Waals surface area contributed by atoms with E-state index in [2.05, 4.69) is 10.3 Å². The topological polar surface area (TPSA) is 125 Å². The van der Waals surface area contributed by atoms with Crippen LogP contribution in [-0.2, 0) is 18.4 Å². The van der Waals surface area contributed by atoms with Crippen molar-refractivity contribution in [1.29, 1.82) is 0 Å². The number of amides is 1. The summed E-state index contributed by atoms with van der Waals surface area (Å²) in [6.07, 6.45) is -0.183. The first kappa shape index (κ1) is 25.6. The minimum atomic E-state index is -0.910. The van der Waals surface area contributed by atoms with Crippen LogP contribution in [0.1, 0.15) is 35.1 Å². The molecule has 0 aliphatic carbocycles. The number of aromatic hydroxyl groups is 1. The fraction of sp³-hybridized carbons (Fsp3) is 0.296. The van der Waals surface area contributed by atoms with Crippen LogP contribution in [0.3, 0.4) is 0 Å². The molecule has 1 atom stereocenters. The van der Waals surface area contributed by atoms with Gasteiger partial charge in [-0.25, -0.2) is 9.78 Å². The lowest BCUT2D eigenvalue weighted by molar-refractivity contribution is -0.121. The van der Waals surface area contributed by atoms with E-state index in [4.69, 9.17) is 18.6 Å². The molecule has 0 saturated carbocycles. The van der Waals surface area contributed by atoms with E-state index in [9.17, 15) is 14.7 Å². The van der Waals surface area contributed by atoms with Crippen LogP contribution in [0.25, 0.3) is 11.0 Å². The molecule has 2 heterocycles. The number of carbonyl (C=O) groups excluding carboxylic acids is 1. The van der Waals surface area contributed by atoms with E-state index in [1.807, 2.05) is 35.9 Å². The second-order valence-corrected chi connectivity index (χ2v) is 8.48. The maximum Gasteiger partial charge on any atom is 0.343 e. The van der Waals surface area contributed by atoms with Crippen LogP contribution in [0.2, 0.25) is 0 Å². The van der Waals surface area contributed by atoms with Gasteiger partial charge >= 0.3 is 5.63 Å². The summed E-state index contributed by atoms with van der Waals surface area (Å²) < 4.78 is 23.6. The number of aromatic nitrogens is 2. The normalized spacial score (nSPS) is 11.8. The van der Waals surface area contributed by atoms with Crippen molar-refractivity contribution in [3.63, 3.8) is 0 Å². The molecule has 194 valence electrons. The van der Waals surface area contributed by atoms with Gasteiger partial charge in [-0.2, -0.15) is 0 Å². The number of hydrogen-bond acceptors (Lipinski definition) is 8. The Morgan fingerprint density at radius 2 is 1.84 bits per heavy atom. The number of methoxy groups -OCH3 is 3. The number of benzene rings is 2. The molecule has 10 heteroatoms. The molecule has 0 radical (unpaired) electrons. The summed E-state index contributed by atoms with van der Waals surface area (Å²) in [6, 6.07) is 12.3. The number of rotatable bonds is 9. The monoisotopic (exact) mass is 507 g/mol. The average molecular weight is 508 g/mol. The lowest BCUT2D eigenvalue weighted by Gasteiger charge is -2.22. The molecule has 0 fully saturated rings. The number of carbonyl (C=O) groups is 1. The fourth-order valence-corrected chi connectivity index (χ4v) is 4.48. The largest absolute Gasteiger partial charge is 0.507 e. The van der Waals surface area contributed by atoms with Crippen LogP contribution < -0.4 is 25.2 Å². The van der Waals surface area contributed by atoms with Gasteiger partial charge in [0.15, 0.2) is 11.5 Å². The van der Waals surface area contributed by atoms with Gasteiger partial charge in [-0.3, -0.25) is 4.79 Å². The lowest BCUT2D eigenvalue weighted by Crippen LogP contribution is -2.28. The predicted molar refractivity (Wildman–Crippen MR) is 136 cm³/mol. The number of imidazole rings is 1. The summed E-state index contributed by atoms with van der Waals surface area (Å²) in [5, 5.41) is 13.6. The van der Waals surface area contributed by atoms with Crippen LogP contribution >= 0.6 is 0 Å². The Morgan fingerprint density at radius 1 is 1.11 bits per heavy atom. The van der Waals surface area contributed by atoms with Crippen molar-refractivity contribution in [1.82, 2.24) is 14.9 Å². The van der Waals surface area contributed by atoms with Crippen LogP contribution in [0.4, 0.5) is 0 Å². The van der Waals surface area contributed by atoms with Crippen molar-refractivity contribution in [2.24, 2.45) is 7.05 Å². The molecule has 4 rings (SSSR count). The Balaban J connectivity index is 1.71. The third kappa shape index (κ3) is 4.95. The first-order valence-corrected chi connectivity index (χ1v) is 11.6. The number of para-hydroxylation sites is 2. The predicted octanol–water partition coefficient (Wildman–Crippen LogP) is 3.40. The van der Waals surface area contributed by atoms with Gasteiger partial charge in [0, 0.05) is 31.0 Å². The molecule has 2 aromatic carbocycles. The van der Waals surface area contributed by atoms with Crippen molar-refractivity contribution in [2.45, 2.75) is 25.8 Å². The highest BCUT2D eigenvalue weighted by Gasteiger charge is 2.30. The second-order valence-electron chi connectivity index (χ2n) is 8.48. The molecular weight excluding hydrogens is 478 g/mol. The summed E-state index contributed by atoms with van der Waals surface area (Å²) in [7, 11) is 6.27. The third-order valence-electron chi connectivity index (χ3n) is 6.26. The van der Waals surface area contributed by atoms with E-state index >= 15 is 0 Å². The molecule has 0 aliphatic heterocycles. The molecule has 10 nitrogen and oxygen atoms in total. The van der Waals surface area contributed by atoms with Gasteiger partial charge in [0.05, 0.1) is 44.5 Å². The zero-order valence-corrected chi connectivity index (χ0v) is 21.3. The van der Waals surface area contributed by atoms with Gasteiger partial charge < -0.3 is 33.6 Å². The molecule has 2 aromatic heterocycles. The van der Waals surface area contributed by atoms with Gasteiger partial charge in [-0.05, 0) is 25.1 Å². The van der Waals surface area contributed by atoms with E-state index in [0.717, 1.165) is 11.0 Å². The van der Waals surface area contributed by atoms with Gasteiger partial charge in [0.2, 0.25) is 11.7 Å². The number of fused-ring (bicyclic) bond motifs is 1. The molecule has 0 bridgehead atoms. The second kappa shape index (κ2) is 10.7. The van der Waals surface area contributed by atoms with Crippen molar-refractivity contribution in [3.8, 4) is 23.0 Å². The average Bonchev–Trinajstić information content (AvgIpc) is 3.20. The summed E-state index contributed by atoms with van der Waals surface area (Å²) in [4.78, 5) is 30.7.